The SMILES string of the molecule is C#CC(C)Cc1ccc(Cl)s1. The molecule has 0 N–H and O–H groups in total. The van der Waals surface area contributed by atoms with Crippen LogP contribution in [0.5, 0.6) is 0 Å². The predicted octanol–water partition coefficient (Wildman–Crippen LogP) is 3.21. The number of thiophene rings is 1. The molecule has 0 radical (unpaired) electrons. The van der Waals surface area contributed by atoms with Crippen molar-refractivity contribution in [3.05, 3.63) is 21.3 Å². The highest BCUT2D eigenvalue weighted by Gasteiger charge is 2.01. The molecule has 11 heavy (non-hydrogen) atoms. The van der Waals surface area contributed by atoms with E-state index in [2.05, 4.69) is 5.92 Å². The first-order valence-electron chi connectivity index (χ1n) is 3.42. The molecule has 1 unspecified atom stereocenters. The van der Waals surface area contributed by atoms with Crippen LogP contribution in [0.1, 0.15) is 11.8 Å². The molecule has 0 aliphatic rings. The summed E-state index contributed by atoms with van der Waals surface area (Å²) < 4.78 is 0.837. The number of rotatable bonds is 2. The van der Waals surface area contributed by atoms with E-state index in [9.17, 15) is 0 Å². The minimum absolute atomic E-state index is 0.310. The van der Waals surface area contributed by atoms with Gasteiger partial charge in [0.15, 0.2) is 0 Å². The van der Waals surface area contributed by atoms with Crippen molar-refractivity contribution in [1.29, 1.82) is 0 Å². The summed E-state index contributed by atoms with van der Waals surface area (Å²) in [5, 5.41) is 0. The molecule has 2 heteroatoms. The summed E-state index contributed by atoms with van der Waals surface area (Å²) in [7, 11) is 0. The fraction of sp³-hybridized carbons (Fsp3) is 0.333. The van der Waals surface area contributed by atoms with Gasteiger partial charge in [0, 0.05) is 10.8 Å². The topological polar surface area (TPSA) is 0 Å². The molecule has 0 fully saturated rings. The Morgan fingerprint density at radius 1 is 1.73 bits per heavy atom. The van der Waals surface area contributed by atoms with E-state index in [1.165, 1.54) is 4.88 Å². The van der Waals surface area contributed by atoms with Crippen LogP contribution in [0.25, 0.3) is 0 Å². The Kier molecular flexibility index (Phi) is 2.99. The maximum Gasteiger partial charge on any atom is 0.0931 e. The standard InChI is InChI=1S/C9H9ClS/c1-3-7(2)6-8-4-5-9(10)11-8/h1,4-5,7H,6H2,2H3. The molecular formula is C9H9ClS. The van der Waals surface area contributed by atoms with Crippen LogP contribution in [0.15, 0.2) is 12.1 Å². The molecule has 1 atom stereocenters. The molecule has 1 aromatic rings. The fourth-order valence-electron chi connectivity index (χ4n) is 0.822. The first-order chi connectivity index (χ1) is 5.22. The second-order valence-electron chi connectivity index (χ2n) is 2.48. The average molecular weight is 185 g/mol. The van der Waals surface area contributed by atoms with E-state index in [1.807, 2.05) is 19.1 Å². The predicted molar refractivity (Wildman–Crippen MR) is 51.0 cm³/mol. The molecular weight excluding hydrogens is 176 g/mol. The largest absolute Gasteiger partial charge is 0.128 e. The zero-order valence-electron chi connectivity index (χ0n) is 6.30. The highest BCUT2D eigenvalue weighted by Crippen LogP contribution is 2.23. The van der Waals surface area contributed by atoms with E-state index in [-0.39, 0.29) is 0 Å². The monoisotopic (exact) mass is 184 g/mol. The van der Waals surface area contributed by atoms with Crippen LogP contribution >= 0.6 is 22.9 Å². The summed E-state index contributed by atoms with van der Waals surface area (Å²) in [6, 6.07) is 3.94. The molecule has 0 aromatic carbocycles. The van der Waals surface area contributed by atoms with E-state index >= 15 is 0 Å². The maximum atomic E-state index is 5.75. The summed E-state index contributed by atoms with van der Waals surface area (Å²) in [4.78, 5) is 1.26. The highest BCUT2D eigenvalue weighted by atomic mass is 35.5. The first kappa shape index (κ1) is 8.64. The molecule has 0 nitrogen and oxygen atoms in total. The van der Waals surface area contributed by atoms with Gasteiger partial charge in [0.25, 0.3) is 0 Å². The maximum absolute atomic E-state index is 5.75. The smallest absolute Gasteiger partial charge is 0.0931 e. The van der Waals surface area contributed by atoms with Gasteiger partial charge < -0.3 is 0 Å². The van der Waals surface area contributed by atoms with Crippen molar-refractivity contribution in [3.8, 4) is 12.3 Å². The van der Waals surface area contributed by atoms with Gasteiger partial charge in [-0.05, 0) is 18.6 Å². The van der Waals surface area contributed by atoms with Gasteiger partial charge in [-0.25, -0.2) is 0 Å². The molecule has 0 aliphatic carbocycles. The lowest BCUT2D eigenvalue weighted by atomic mass is 10.1. The molecule has 0 saturated carbocycles. The van der Waals surface area contributed by atoms with Crippen molar-refractivity contribution in [2.24, 2.45) is 5.92 Å². The third-order valence-corrected chi connectivity index (χ3v) is 2.67. The minimum atomic E-state index is 0.310. The van der Waals surface area contributed by atoms with Crippen molar-refractivity contribution < 1.29 is 0 Å². The molecule has 0 spiro atoms. The van der Waals surface area contributed by atoms with Gasteiger partial charge >= 0.3 is 0 Å². The number of halogens is 1. The third kappa shape index (κ3) is 2.57. The Hall–Kier alpha value is -0.450. The molecule has 0 aliphatic heterocycles. The van der Waals surface area contributed by atoms with Crippen molar-refractivity contribution in [3.63, 3.8) is 0 Å². The molecule has 58 valence electrons. The molecule has 1 rings (SSSR count). The van der Waals surface area contributed by atoms with Crippen LogP contribution < -0.4 is 0 Å². The van der Waals surface area contributed by atoms with Crippen LogP contribution in [-0.2, 0) is 6.42 Å². The van der Waals surface area contributed by atoms with Crippen LogP contribution in [-0.4, -0.2) is 0 Å². The summed E-state index contributed by atoms with van der Waals surface area (Å²) in [6.07, 6.45) is 6.19. The van der Waals surface area contributed by atoms with Gasteiger partial charge in [-0.2, -0.15) is 0 Å². The van der Waals surface area contributed by atoms with Gasteiger partial charge in [-0.3, -0.25) is 0 Å². The molecule has 0 amide bonds. The van der Waals surface area contributed by atoms with Crippen molar-refractivity contribution in [2.75, 3.05) is 0 Å². The lowest BCUT2D eigenvalue weighted by Crippen LogP contribution is -1.92. The normalized spacial score (nSPS) is 12.5. The Bertz CT molecular complexity index is 269. The Morgan fingerprint density at radius 2 is 2.45 bits per heavy atom. The Morgan fingerprint density at radius 3 is 2.91 bits per heavy atom. The van der Waals surface area contributed by atoms with E-state index in [1.54, 1.807) is 11.3 Å². The lowest BCUT2D eigenvalue weighted by Gasteiger charge is -1.98. The average Bonchev–Trinajstić information content (AvgIpc) is 2.35. The summed E-state index contributed by atoms with van der Waals surface area (Å²) in [5.74, 6) is 3.00. The van der Waals surface area contributed by atoms with Gasteiger partial charge in [-0.1, -0.05) is 18.5 Å². The quantitative estimate of drug-likeness (QED) is 0.620. The molecule has 0 saturated heterocycles. The zero-order valence-corrected chi connectivity index (χ0v) is 7.88. The van der Waals surface area contributed by atoms with Crippen LogP contribution in [0.2, 0.25) is 4.34 Å². The zero-order chi connectivity index (χ0) is 8.27. The van der Waals surface area contributed by atoms with Crippen molar-refractivity contribution in [2.45, 2.75) is 13.3 Å². The molecule has 0 bridgehead atoms. The number of hydrogen-bond acceptors (Lipinski definition) is 1. The van der Waals surface area contributed by atoms with Gasteiger partial charge in [0.05, 0.1) is 4.34 Å². The lowest BCUT2D eigenvalue weighted by molar-refractivity contribution is 0.761. The summed E-state index contributed by atoms with van der Waals surface area (Å²) in [6.45, 7) is 2.04. The van der Waals surface area contributed by atoms with Crippen LogP contribution in [0.3, 0.4) is 0 Å². The van der Waals surface area contributed by atoms with Gasteiger partial charge in [0.1, 0.15) is 0 Å². The Balaban J connectivity index is 2.59. The fourth-order valence-corrected chi connectivity index (χ4v) is 2.04. The second-order valence-corrected chi connectivity index (χ2v) is 4.28. The Labute approximate surface area is 76.2 Å². The minimum Gasteiger partial charge on any atom is -0.128 e. The van der Waals surface area contributed by atoms with Gasteiger partial charge in [0.2, 0.25) is 0 Å². The van der Waals surface area contributed by atoms with E-state index < -0.39 is 0 Å². The second kappa shape index (κ2) is 3.80. The summed E-state index contributed by atoms with van der Waals surface area (Å²) >= 11 is 7.36. The van der Waals surface area contributed by atoms with E-state index in [0.717, 1.165) is 10.8 Å². The van der Waals surface area contributed by atoms with Gasteiger partial charge in [-0.15, -0.1) is 23.7 Å². The van der Waals surface area contributed by atoms with E-state index in [4.69, 9.17) is 18.0 Å². The van der Waals surface area contributed by atoms with Crippen LogP contribution in [0.4, 0.5) is 0 Å². The number of terminal acetylenes is 1. The third-order valence-electron chi connectivity index (χ3n) is 1.42. The summed E-state index contributed by atoms with van der Waals surface area (Å²) in [5.41, 5.74) is 0. The highest BCUT2D eigenvalue weighted by molar-refractivity contribution is 7.16. The van der Waals surface area contributed by atoms with Crippen molar-refractivity contribution in [1.82, 2.24) is 0 Å². The molecule has 1 aromatic heterocycles. The van der Waals surface area contributed by atoms with Crippen LogP contribution in [0, 0.1) is 18.3 Å². The first-order valence-corrected chi connectivity index (χ1v) is 4.62. The number of hydrogen-bond donors (Lipinski definition) is 0. The van der Waals surface area contributed by atoms with E-state index in [0.29, 0.717) is 5.92 Å². The van der Waals surface area contributed by atoms with Crippen molar-refractivity contribution >= 4 is 22.9 Å². The molecule has 1 heterocycles.